The Balaban J connectivity index is 1.95. The van der Waals surface area contributed by atoms with Gasteiger partial charge in [-0.3, -0.25) is 0 Å². The molecular formula is C20H25FO3. The van der Waals surface area contributed by atoms with Crippen LogP contribution in [0.4, 0.5) is 4.39 Å². The summed E-state index contributed by atoms with van der Waals surface area (Å²) in [6, 6.07) is 8.84. The average molecular weight is 332 g/mol. The smallest absolute Gasteiger partial charge is 0.203 e. The summed E-state index contributed by atoms with van der Waals surface area (Å²) in [5, 5.41) is 0. The lowest BCUT2D eigenvalue weighted by molar-refractivity contribution is 0.267. The van der Waals surface area contributed by atoms with Crippen molar-refractivity contribution >= 4 is 0 Å². The standard InChI is InChI=1S/C20H25FO3/c1-14-13-18(22-3)20(19(23-4)15(14)2)24-12-8-7-10-16-9-5-6-11-17(16)21/h5-6,9,11,13H,7-8,10,12H2,1-4H3. The molecule has 2 aromatic rings. The number of methoxy groups -OCH3 is 2. The first-order chi connectivity index (χ1) is 11.6. The summed E-state index contributed by atoms with van der Waals surface area (Å²) in [7, 11) is 3.25. The fourth-order valence-corrected chi connectivity index (χ4v) is 2.66. The molecule has 0 radical (unpaired) electrons. The lowest BCUT2D eigenvalue weighted by Gasteiger charge is -2.18. The van der Waals surface area contributed by atoms with E-state index in [1.165, 1.54) is 6.07 Å². The fraction of sp³-hybridized carbons (Fsp3) is 0.400. The van der Waals surface area contributed by atoms with E-state index in [1.54, 1.807) is 20.3 Å². The Morgan fingerprint density at radius 2 is 1.71 bits per heavy atom. The van der Waals surface area contributed by atoms with E-state index in [4.69, 9.17) is 14.2 Å². The van der Waals surface area contributed by atoms with Crippen molar-refractivity contribution in [3.8, 4) is 17.2 Å². The molecule has 0 amide bonds. The molecule has 4 heteroatoms. The van der Waals surface area contributed by atoms with Crippen LogP contribution in [0.5, 0.6) is 17.2 Å². The Hall–Kier alpha value is -2.23. The second-order valence-electron chi connectivity index (χ2n) is 5.78. The molecule has 0 aliphatic heterocycles. The first kappa shape index (κ1) is 18.1. The van der Waals surface area contributed by atoms with Crippen molar-refractivity contribution < 1.29 is 18.6 Å². The third-order valence-electron chi connectivity index (χ3n) is 4.18. The second-order valence-corrected chi connectivity index (χ2v) is 5.78. The number of unbranched alkanes of at least 4 members (excludes halogenated alkanes) is 1. The Kier molecular flexibility index (Phi) is 6.47. The number of hydrogen-bond donors (Lipinski definition) is 0. The molecule has 0 N–H and O–H groups in total. The van der Waals surface area contributed by atoms with E-state index < -0.39 is 0 Å². The Labute approximate surface area is 143 Å². The molecule has 24 heavy (non-hydrogen) atoms. The number of benzene rings is 2. The number of halogens is 1. The largest absolute Gasteiger partial charge is 0.493 e. The normalized spacial score (nSPS) is 10.5. The van der Waals surface area contributed by atoms with E-state index in [-0.39, 0.29) is 5.82 Å². The van der Waals surface area contributed by atoms with Gasteiger partial charge in [0.05, 0.1) is 20.8 Å². The van der Waals surface area contributed by atoms with Crippen LogP contribution in [0, 0.1) is 19.7 Å². The average Bonchev–Trinajstić information content (AvgIpc) is 2.59. The zero-order valence-electron chi connectivity index (χ0n) is 14.8. The Morgan fingerprint density at radius 1 is 0.958 bits per heavy atom. The highest BCUT2D eigenvalue weighted by molar-refractivity contribution is 5.58. The molecule has 0 spiro atoms. The minimum atomic E-state index is -0.143. The fourth-order valence-electron chi connectivity index (χ4n) is 2.66. The van der Waals surface area contributed by atoms with Crippen LogP contribution in [-0.4, -0.2) is 20.8 Å². The van der Waals surface area contributed by atoms with E-state index in [9.17, 15) is 4.39 Å². The molecule has 0 atom stereocenters. The SMILES string of the molecule is COc1cc(C)c(C)c(OC)c1OCCCCc1ccccc1F. The number of rotatable bonds is 8. The van der Waals surface area contributed by atoms with Crippen molar-refractivity contribution in [2.75, 3.05) is 20.8 Å². The topological polar surface area (TPSA) is 27.7 Å². The van der Waals surface area contributed by atoms with Gasteiger partial charge in [0, 0.05) is 0 Å². The Morgan fingerprint density at radius 3 is 2.38 bits per heavy atom. The highest BCUT2D eigenvalue weighted by Crippen LogP contribution is 2.41. The summed E-state index contributed by atoms with van der Waals surface area (Å²) in [5.74, 6) is 1.87. The summed E-state index contributed by atoms with van der Waals surface area (Å²) >= 11 is 0. The molecule has 2 aromatic carbocycles. The summed E-state index contributed by atoms with van der Waals surface area (Å²) in [6.45, 7) is 4.54. The zero-order valence-corrected chi connectivity index (χ0v) is 14.8. The lowest BCUT2D eigenvalue weighted by Crippen LogP contribution is -2.04. The predicted molar refractivity (Wildman–Crippen MR) is 93.9 cm³/mol. The summed E-state index contributed by atoms with van der Waals surface area (Å²) < 4.78 is 30.4. The van der Waals surface area contributed by atoms with Crippen LogP contribution in [0.1, 0.15) is 29.5 Å². The van der Waals surface area contributed by atoms with Crippen LogP contribution in [0.25, 0.3) is 0 Å². The third kappa shape index (κ3) is 4.19. The summed E-state index contributed by atoms with van der Waals surface area (Å²) in [6.07, 6.45) is 2.39. The maximum atomic E-state index is 13.6. The molecular weight excluding hydrogens is 307 g/mol. The molecule has 0 aliphatic rings. The minimum absolute atomic E-state index is 0.143. The van der Waals surface area contributed by atoms with Crippen LogP contribution in [0.3, 0.4) is 0 Å². The molecule has 0 aliphatic carbocycles. The van der Waals surface area contributed by atoms with Gasteiger partial charge in [-0.25, -0.2) is 4.39 Å². The first-order valence-electron chi connectivity index (χ1n) is 8.16. The van der Waals surface area contributed by atoms with E-state index in [1.807, 2.05) is 32.0 Å². The van der Waals surface area contributed by atoms with Gasteiger partial charge in [-0.1, -0.05) is 18.2 Å². The van der Waals surface area contributed by atoms with Crippen molar-refractivity contribution in [2.45, 2.75) is 33.1 Å². The molecule has 2 rings (SSSR count). The second kappa shape index (κ2) is 8.57. The van der Waals surface area contributed by atoms with E-state index >= 15 is 0 Å². The van der Waals surface area contributed by atoms with Gasteiger partial charge in [0.25, 0.3) is 0 Å². The van der Waals surface area contributed by atoms with E-state index in [0.29, 0.717) is 30.3 Å². The Bertz CT molecular complexity index is 683. The van der Waals surface area contributed by atoms with Crippen molar-refractivity contribution in [1.29, 1.82) is 0 Å². The van der Waals surface area contributed by atoms with Crippen LogP contribution in [-0.2, 0) is 6.42 Å². The molecule has 0 unspecified atom stereocenters. The van der Waals surface area contributed by atoms with E-state index in [2.05, 4.69) is 0 Å². The highest BCUT2D eigenvalue weighted by atomic mass is 19.1. The molecule has 0 heterocycles. The van der Waals surface area contributed by atoms with Gasteiger partial charge in [0.15, 0.2) is 11.5 Å². The van der Waals surface area contributed by atoms with Gasteiger partial charge >= 0.3 is 0 Å². The van der Waals surface area contributed by atoms with Gasteiger partial charge in [-0.05, 0) is 61.9 Å². The highest BCUT2D eigenvalue weighted by Gasteiger charge is 2.16. The van der Waals surface area contributed by atoms with Gasteiger partial charge in [-0.15, -0.1) is 0 Å². The third-order valence-corrected chi connectivity index (χ3v) is 4.18. The van der Waals surface area contributed by atoms with Gasteiger partial charge in [-0.2, -0.15) is 0 Å². The van der Waals surface area contributed by atoms with Crippen LogP contribution < -0.4 is 14.2 Å². The lowest BCUT2D eigenvalue weighted by atomic mass is 10.1. The zero-order chi connectivity index (χ0) is 17.5. The summed E-state index contributed by atoms with van der Waals surface area (Å²) in [4.78, 5) is 0. The number of hydrogen-bond acceptors (Lipinski definition) is 3. The molecule has 3 nitrogen and oxygen atoms in total. The molecule has 0 saturated carbocycles. The van der Waals surface area contributed by atoms with Crippen molar-refractivity contribution in [3.05, 3.63) is 52.8 Å². The summed E-state index contributed by atoms with van der Waals surface area (Å²) in [5.41, 5.74) is 2.88. The van der Waals surface area contributed by atoms with Crippen molar-refractivity contribution in [3.63, 3.8) is 0 Å². The molecule has 0 bridgehead atoms. The maximum Gasteiger partial charge on any atom is 0.203 e. The van der Waals surface area contributed by atoms with Crippen molar-refractivity contribution in [1.82, 2.24) is 0 Å². The van der Waals surface area contributed by atoms with Crippen LogP contribution in [0.2, 0.25) is 0 Å². The maximum absolute atomic E-state index is 13.6. The predicted octanol–water partition coefficient (Wildman–Crippen LogP) is 4.86. The number of aryl methyl sites for hydroxylation is 2. The van der Waals surface area contributed by atoms with Crippen molar-refractivity contribution in [2.24, 2.45) is 0 Å². The van der Waals surface area contributed by atoms with Gasteiger partial charge in [0.2, 0.25) is 5.75 Å². The van der Waals surface area contributed by atoms with Crippen LogP contribution in [0.15, 0.2) is 30.3 Å². The number of ether oxygens (including phenoxy) is 3. The van der Waals surface area contributed by atoms with Gasteiger partial charge in [0.1, 0.15) is 5.82 Å². The first-order valence-corrected chi connectivity index (χ1v) is 8.16. The monoisotopic (exact) mass is 332 g/mol. The molecule has 0 fully saturated rings. The molecule has 0 aromatic heterocycles. The molecule has 0 saturated heterocycles. The van der Waals surface area contributed by atoms with Gasteiger partial charge < -0.3 is 14.2 Å². The quantitative estimate of drug-likeness (QED) is 0.646. The van der Waals surface area contributed by atoms with E-state index in [0.717, 1.165) is 29.5 Å². The minimum Gasteiger partial charge on any atom is -0.493 e. The van der Waals surface area contributed by atoms with Crippen LogP contribution >= 0.6 is 0 Å². The molecule has 130 valence electrons.